The molecule has 10 nitrogen and oxygen atoms in total. The van der Waals surface area contributed by atoms with E-state index in [0.717, 1.165) is 18.4 Å². The normalized spacial score (nSPS) is 20.6. The van der Waals surface area contributed by atoms with Crippen molar-refractivity contribution in [2.45, 2.75) is 83.1 Å². The van der Waals surface area contributed by atoms with Gasteiger partial charge in [-0.25, -0.2) is 4.79 Å². The maximum absolute atomic E-state index is 14.3. The van der Waals surface area contributed by atoms with Crippen LogP contribution in [0.15, 0.2) is 48.5 Å². The molecule has 2 aromatic carbocycles. The lowest BCUT2D eigenvalue weighted by molar-refractivity contribution is -0.147. The van der Waals surface area contributed by atoms with Gasteiger partial charge in [0, 0.05) is 38.1 Å². The Labute approximate surface area is 274 Å². The molecule has 2 aliphatic rings. The second-order valence-electron chi connectivity index (χ2n) is 11.3. The van der Waals surface area contributed by atoms with Crippen molar-refractivity contribution in [3.63, 3.8) is 0 Å². The zero-order valence-electron chi connectivity index (χ0n) is 25.8. The maximum Gasteiger partial charge on any atom is 0.407 e. The van der Waals surface area contributed by atoms with E-state index in [0.29, 0.717) is 36.0 Å². The molecule has 0 aromatic heterocycles. The molecule has 4 atom stereocenters. The number of hydrogen-bond donors (Lipinski definition) is 2. The minimum atomic E-state index is -0.892. The summed E-state index contributed by atoms with van der Waals surface area (Å²) in [5.74, 6) is -0.986. The van der Waals surface area contributed by atoms with E-state index in [1.807, 2.05) is 18.2 Å². The summed E-state index contributed by atoms with van der Waals surface area (Å²) in [6.07, 6.45) is 2.26. The van der Waals surface area contributed by atoms with E-state index in [1.165, 1.54) is 5.56 Å². The molecule has 0 spiro atoms. The lowest BCUT2D eigenvalue weighted by Gasteiger charge is -2.32. The van der Waals surface area contributed by atoms with E-state index in [2.05, 4.69) is 27.7 Å². The van der Waals surface area contributed by atoms with Crippen molar-refractivity contribution >= 4 is 47.1 Å². The van der Waals surface area contributed by atoms with Gasteiger partial charge < -0.3 is 25.0 Å². The molecule has 2 saturated heterocycles. The minimum absolute atomic E-state index is 0.0126. The maximum atomic E-state index is 14.3. The van der Waals surface area contributed by atoms with Crippen LogP contribution >= 0.6 is 23.2 Å². The molecule has 2 aromatic rings. The highest BCUT2D eigenvalue weighted by Crippen LogP contribution is 2.31. The predicted octanol–water partition coefficient (Wildman–Crippen LogP) is 4.74. The van der Waals surface area contributed by atoms with E-state index in [9.17, 15) is 19.2 Å². The molecule has 2 N–H and O–H groups in total. The van der Waals surface area contributed by atoms with E-state index >= 15 is 0 Å². The molecule has 4 rings (SSSR count). The summed E-state index contributed by atoms with van der Waals surface area (Å²) in [7, 11) is 0. The standard InChI is InChI=1S/C33H42Cl2N4O6/c1-3-44-30(40)15-14-28(31(41)36-20-23-11-13-26(34)27(35)18-23)38-17-16-25(12-10-22-8-6-5-7-9-22)39-21-24(19-29(39)32(38)42)37-33(43)45-4-2/h5-9,11,13,18,24-25,28-29H,3-4,10,12,14-17,19-21H2,1-2H3,(H,36,41)(H,37,43)/t24-,25?,28-,29+/m1/s1. The first kappa shape index (κ1) is 34.5. The highest BCUT2D eigenvalue weighted by molar-refractivity contribution is 6.42. The Morgan fingerprint density at radius 2 is 1.76 bits per heavy atom. The smallest absolute Gasteiger partial charge is 0.407 e. The molecule has 0 saturated carbocycles. The molecule has 2 aliphatic heterocycles. The number of halogens is 2. The fourth-order valence-electron chi connectivity index (χ4n) is 6.18. The predicted molar refractivity (Wildman–Crippen MR) is 172 cm³/mol. The van der Waals surface area contributed by atoms with Crippen LogP contribution in [0.1, 0.15) is 57.1 Å². The molecule has 0 bridgehead atoms. The number of ether oxygens (including phenoxy) is 2. The first-order chi connectivity index (χ1) is 21.7. The van der Waals surface area contributed by atoms with Gasteiger partial charge in [-0.3, -0.25) is 19.3 Å². The molecule has 1 unspecified atom stereocenters. The van der Waals surface area contributed by atoms with E-state index in [-0.39, 0.29) is 56.5 Å². The van der Waals surface area contributed by atoms with Crippen molar-refractivity contribution in [2.24, 2.45) is 0 Å². The van der Waals surface area contributed by atoms with Crippen LogP contribution < -0.4 is 10.6 Å². The van der Waals surface area contributed by atoms with Crippen molar-refractivity contribution in [3.05, 3.63) is 69.7 Å². The van der Waals surface area contributed by atoms with Crippen LogP contribution in [0.5, 0.6) is 0 Å². The summed E-state index contributed by atoms with van der Waals surface area (Å²) in [5, 5.41) is 6.62. The number of rotatable bonds is 13. The van der Waals surface area contributed by atoms with Crippen molar-refractivity contribution in [3.8, 4) is 0 Å². The molecule has 2 heterocycles. The van der Waals surface area contributed by atoms with Crippen molar-refractivity contribution in [1.82, 2.24) is 20.4 Å². The molecule has 0 radical (unpaired) electrons. The van der Waals surface area contributed by atoms with E-state index < -0.39 is 24.1 Å². The molecule has 45 heavy (non-hydrogen) atoms. The summed E-state index contributed by atoms with van der Waals surface area (Å²) < 4.78 is 10.2. The zero-order valence-corrected chi connectivity index (χ0v) is 27.3. The first-order valence-corrected chi connectivity index (χ1v) is 16.4. The number of aryl methyl sites for hydroxylation is 1. The Balaban J connectivity index is 1.56. The van der Waals surface area contributed by atoms with Gasteiger partial charge in [0.05, 0.1) is 29.3 Å². The van der Waals surface area contributed by atoms with Gasteiger partial charge in [0.25, 0.3) is 0 Å². The third kappa shape index (κ3) is 9.58. The monoisotopic (exact) mass is 660 g/mol. The summed E-state index contributed by atoms with van der Waals surface area (Å²) >= 11 is 12.2. The number of nitrogens with one attached hydrogen (secondary N) is 2. The molecular weight excluding hydrogens is 619 g/mol. The van der Waals surface area contributed by atoms with Crippen molar-refractivity contribution in [2.75, 3.05) is 26.3 Å². The van der Waals surface area contributed by atoms with Crippen molar-refractivity contribution in [1.29, 1.82) is 0 Å². The third-order valence-electron chi connectivity index (χ3n) is 8.34. The zero-order chi connectivity index (χ0) is 32.3. The summed E-state index contributed by atoms with van der Waals surface area (Å²) in [6.45, 7) is 4.97. The molecular formula is C33H42Cl2N4O6. The second-order valence-corrected chi connectivity index (χ2v) is 12.1. The number of fused-ring (bicyclic) bond motifs is 1. The van der Waals surface area contributed by atoms with Crippen LogP contribution in [0.25, 0.3) is 0 Å². The Morgan fingerprint density at radius 1 is 1.00 bits per heavy atom. The first-order valence-electron chi connectivity index (χ1n) is 15.6. The average molecular weight is 662 g/mol. The highest BCUT2D eigenvalue weighted by atomic mass is 35.5. The van der Waals surface area contributed by atoms with Gasteiger partial charge >= 0.3 is 12.1 Å². The Hall–Kier alpha value is -3.34. The van der Waals surface area contributed by atoms with Gasteiger partial charge in [-0.15, -0.1) is 0 Å². The third-order valence-corrected chi connectivity index (χ3v) is 9.08. The van der Waals surface area contributed by atoms with E-state index in [1.54, 1.807) is 36.9 Å². The largest absolute Gasteiger partial charge is 0.466 e. The second kappa shape index (κ2) is 16.8. The van der Waals surface area contributed by atoms with Gasteiger partial charge in [-0.05, 0) is 69.2 Å². The summed E-state index contributed by atoms with van der Waals surface area (Å²) in [4.78, 5) is 56.5. The quantitative estimate of drug-likeness (QED) is 0.298. The van der Waals surface area contributed by atoms with Gasteiger partial charge in [-0.1, -0.05) is 59.6 Å². The molecule has 3 amide bonds. The van der Waals surface area contributed by atoms with Crippen molar-refractivity contribution < 1.29 is 28.7 Å². The number of carbonyl (C=O) groups excluding carboxylic acids is 4. The van der Waals surface area contributed by atoms with E-state index in [4.69, 9.17) is 32.7 Å². The van der Waals surface area contributed by atoms with Gasteiger partial charge in [0.1, 0.15) is 6.04 Å². The molecule has 244 valence electrons. The van der Waals surface area contributed by atoms with Gasteiger partial charge in [-0.2, -0.15) is 0 Å². The fourth-order valence-corrected chi connectivity index (χ4v) is 6.50. The highest BCUT2D eigenvalue weighted by Gasteiger charge is 2.46. The average Bonchev–Trinajstić information content (AvgIpc) is 3.39. The topological polar surface area (TPSA) is 117 Å². The number of amides is 3. The Bertz CT molecular complexity index is 1330. The number of alkyl carbamates (subject to hydrolysis) is 1. The number of benzene rings is 2. The van der Waals surface area contributed by atoms with Gasteiger partial charge in [0.15, 0.2) is 0 Å². The van der Waals surface area contributed by atoms with Crippen LogP contribution in [0, 0.1) is 0 Å². The van der Waals surface area contributed by atoms with Crippen LogP contribution in [-0.2, 0) is 36.8 Å². The number of nitrogens with zero attached hydrogens (tertiary/aromatic N) is 2. The SMILES string of the molecule is CCOC(=O)CC[C@H](C(=O)NCc1ccc(Cl)c(Cl)c1)N1CCC(CCc2ccccc2)N2C[C@H](NC(=O)OCC)C[C@H]2C1=O. The Kier molecular flexibility index (Phi) is 12.9. The Morgan fingerprint density at radius 3 is 2.47 bits per heavy atom. The summed E-state index contributed by atoms with van der Waals surface area (Å²) in [6, 6.07) is 13.6. The molecule has 2 fully saturated rings. The van der Waals surface area contributed by atoms with Crippen LogP contribution in [0.4, 0.5) is 4.79 Å². The molecule has 0 aliphatic carbocycles. The minimum Gasteiger partial charge on any atom is -0.466 e. The lowest BCUT2D eigenvalue weighted by atomic mass is 10.0. The summed E-state index contributed by atoms with van der Waals surface area (Å²) in [5.41, 5.74) is 1.95. The lowest BCUT2D eigenvalue weighted by Crippen LogP contribution is -2.53. The number of carbonyl (C=O) groups is 4. The van der Waals surface area contributed by atoms with Gasteiger partial charge in [0.2, 0.25) is 11.8 Å². The number of esters is 1. The van der Waals surface area contributed by atoms with Crippen LogP contribution in [-0.4, -0.2) is 84.1 Å². The van der Waals surface area contributed by atoms with Crippen LogP contribution in [0.2, 0.25) is 10.0 Å². The number of hydrogen-bond acceptors (Lipinski definition) is 7. The van der Waals surface area contributed by atoms with Crippen LogP contribution in [0.3, 0.4) is 0 Å². The molecule has 12 heteroatoms. The fraction of sp³-hybridized carbons (Fsp3) is 0.515.